The second-order valence-electron chi connectivity index (χ2n) is 4.85. The lowest BCUT2D eigenvalue weighted by Gasteiger charge is -2.33. The van der Waals surface area contributed by atoms with Crippen molar-refractivity contribution in [3.8, 4) is 0 Å². The van der Waals surface area contributed by atoms with Crippen LogP contribution in [0.1, 0.15) is 31.1 Å². The Bertz CT molecular complexity index is 452. The number of carbonyl (C=O) groups excluding carboxylic acids is 1. The zero-order chi connectivity index (χ0) is 13.9. The molecule has 0 spiro atoms. The van der Waals surface area contributed by atoms with Gasteiger partial charge in [-0.05, 0) is 31.0 Å². The molecule has 0 saturated carbocycles. The molecule has 1 atom stereocenters. The van der Waals surface area contributed by atoms with Crippen molar-refractivity contribution >= 4 is 41.5 Å². The van der Waals surface area contributed by atoms with Crippen molar-refractivity contribution in [2.24, 2.45) is 11.7 Å². The third-order valence-corrected chi connectivity index (χ3v) is 3.84. The molecule has 1 unspecified atom stereocenters. The van der Waals surface area contributed by atoms with Crippen LogP contribution in [0.5, 0.6) is 0 Å². The highest BCUT2D eigenvalue weighted by atomic mass is 35.5. The summed E-state index contributed by atoms with van der Waals surface area (Å²) in [6, 6.07) is 4.80. The monoisotopic (exact) mass is 324 g/mol. The number of carbonyl (C=O) groups is 1. The second kappa shape index (κ2) is 7.34. The topological polar surface area (TPSA) is 55.1 Å². The van der Waals surface area contributed by atoms with Crippen LogP contribution in [0.4, 0.5) is 0 Å². The highest BCUT2D eigenvalue weighted by molar-refractivity contribution is 6.35. The lowest BCUT2D eigenvalue weighted by atomic mass is 9.88. The van der Waals surface area contributed by atoms with E-state index in [2.05, 4.69) is 5.32 Å². The van der Waals surface area contributed by atoms with Crippen LogP contribution in [0.25, 0.3) is 0 Å². The smallest absolute Gasteiger partial charge is 0.253 e. The van der Waals surface area contributed by atoms with Crippen molar-refractivity contribution in [2.75, 3.05) is 6.54 Å². The fourth-order valence-corrected chi connectivity index (χ4v) is 1.80. The Labute approximate surface area is 130 Å². The minimum atomic E-state index is -0.470. The summed E-state index contributed by atoms with van der Waals surface area (Å²) in [4.78, 5) is 12.2. The number of hydrogen-bond acceptors (Lipinski definition) is 2. The maximum Gasteiger partial charge on any atom is 0.253 e. The van der Waals surface area contributed by atoms with E-state index in [4.69, 9.17) is 28.9 Å². The molecule has 0 aliphatic rings. The maximum absolute atomic E-state index is 12.2. The van der Waals surface area contributed by atoms with Gasteiger partial charge in [0.15, 0.2) is 0 Å². The first-order valence-corrected chi connectivity index (χ1v) is 6.53. The first kappa shape index (κ1) is 18.5. The Morgan fingerprint density at radius 3 is 2.47 bits per heavy atom. The molecule has 19 heavy (non-hydrogen) atoms. The summed E-state index contributed by atoms with van der Waals surface area (Å²) in [5.41, 5.74) is 5.62. The van der Waals surface area contributed by atoms with Gasteiger partial charge in [0.05, 0.1) is 16.1 Å². The summed E-state index contributed by atoms with van der Waals surface area (Å²) in [5.74, 6) is -0.0476. The van der Waals surface area contributed by atoms with Gasteiger partial charge in [-0.15, -0.1) is 12.4 Å². The van der Waals surface area contributed by atoms with Gasteiger partial charge < -0.3 is 11.1 Å². The number of nitrogens with one attached hydrogen (secondary N) is 1. The quantitative estimate of drug-likeness (QED) is 0.890. The van der Waals surface area contributed by atoms with Gasteiger partial charge in [-0.25, -0.2) is 0 Å². The lowest BCUT2D eigenvalue weighted by molar-refractivity contribution is 0.0883. The molecule has 0 heterocycles. The fourth-order valence-electron chi connectivity index (χ4n) is 1.43. The third-order valence-electron chi connectivity index (χ3n) is 3.27. The van der Waals surface area contributed by atoms with E-state index < -0.39 is 5.54 Å². The minimum Gasteiger partial charge on any atom is -0.345 e. The van der Waals surface area contributed by atoms with Crippen LogP contribution in [-0.2, 0) is 0 Å². The van der Waals surface area contributed by atoms with Crippen molar-refractivity contribution in [2.45, 2.75) is 26.3 Å². The van der Waals surface area contributed by atoms with Gasteiger partial charge in [0.2, 0.25) is 0 Å². The first-order valence-electron chi connectivity index (χ1n) is 5.78. The first-order chi connectivity index (χ1) is 8.30. The SMILES string of the molecule is CC(C)C(C)(CN)NC(=O)c1cc(Cl)ccc1Cl.Cl. The van der Waals surface area contributed by atoms with Gasteiger partial charge in [-0.1, -0.05) is 37.0 Å². The molecule has 3 nitrogen and oxygen atoms in total. The van der Waals surface area contributed by atoms with Crippen LogP contribution in [0.15, 0.2) is 18.2 Å². The van der Waals surface area contributed by atoms with Crippen molar-refractivity contribution in [3.63, 3.8) is 0 Å². The summed E-state index contributed by atoms with van der Waals surface area (Å²) in [6.07, 6.45) is 0. The summed E-state index contributed by atoms with van der Waals surface area (Å²) in [7, 11) is 0. The van der Waals surface area contributed by atoms with Crippen molar-refractivity contribution in [1.82, 2.24) is 5.32 Å². The Hall–Kier alpha value is -0.480. The van der Waals surface area contributed by atoms with E-state index in [0.717, 1.165) is 0 Å². The third kappa shape index (κ3) is 4.53. The van der Waals surface area contributed by atoms with Crippen molar-refractivity contribution in [3.05, 3.63) is 33.8 Å². The number of nitrogens with two attached hydrogens (primary N) is 1. The van der Waals surface area contributed by atoms with Gasteiger partial charge >= 0.3 is 0 Å². The van der Waals surface area contributed by atoms with Crippen molar-refractivity contribution < 1.29 is 4.79 Å². The predicted molar refractivity (Wildman–Crippen MR) is 83.5 cm³/mol. The van der Waals surface area contributed by atoms with Crippen LogP contribution in [0, 0.1) is 5.92 Å². The van der Waals surface area contributed by atoms with E-state index in [9.17, 15) is 4.79 Å². The van der Waals surface area contributed by atoms with Gasteiger partial charge in [0, 0.05) is 11.6 Å². The van der Waals surface area contributed by atoms with E-state index >= 15 is 0 Å². The highest BCUT2D eigenvalue weighted by Gasteiger charge is 2.29. The number of halogens is 3. The normalized spacial score (nSPS) is 13.6. The highest BCUT2D eigenvalue weighted by Crippen LogP contribution is 2.22. The minimum absolute atomic E-state index is 0. The van der Waals surface area contributed by atoms with E-state index in [1.165, 1.54) is 0 Å². The molecule has 0 fully saturated rings. The predicted octanol–water partition coefficient (Wildman–Crippen LogP) is 3.52. The second-order valence-corrected chi connectivity index (χ2v) is 5.70. The standard InChI is InChI=1S/C13H18Cl2N2O.ClH/c1-8(2)13(3,7-16)17-12(18)10-6-9(14)4-5-11(10)15;/h4-6,8H,7,16H2,1-3H3,(H,17,18);1H. The van der Waals surface area contributed by atoms with Gasteiger partial charge in [0.25, 0.3) is 5.91 Å². The zero-order valence-electron chi connectivity index (χ0n) is 11.2. The maximum atomic E-state index is 12.2. The van der Waals surface area contributed by atoms with E-state index in [1.807, 2.05) is 20.8 Å². The van der Waals surface area contributed by atoms with Gasteiger partial charge in [-0.2, -0.15) is 0 Å². The molecule has 1 rings (SSSR count). The summed E-state index contributed by atoms with van der Waals surface area (Å²) < 4.78 is 0. The molecular weight excluding hydrogens is 307 g/mol. The number of hydrogen-bond donors (Lipinski definition) is 2. The van der Waals surface area contributed by atoms with Crippen LogP contribution in [0.3, 0.4) is 0 Å². The largest absolute Gasteiger partial charge is 0.345 e. The van der Waals surface area contributed by atoms with Crippen LogP contribution in [0.2, 0.25) is 10.0 Å². The summed E-state index contributed by atoms with van der Waals surface area (Å²) in [5, 5.41) is 3.77. The van der Waals surface area contributed by atoms with Crippen LogP contribution >= 0.6 is 35.6 Å². The summed E-state index contributed by atoms with van der Waals surface area (Å²) in [6.45, 7) is 6.28. The number of amides is 1. The molecule has 0 aliphatic carbocycles. The fraction of sp³-hybridized carbons (Fsp3) is 0.462. The van der Waals surface area contributed by atoms with Crippen LogP contribution < -0.4 is 11.1 Å². The molecule has 1 amide bonds. The number of rotatable bonds is 4. The van der Waals surface area contributed by atoms with Crippen molar-refractivity contribution in [1.29, 1.82) is 0 Å². The lowest BCUT2D eigenvalue weighted by Crippen LogP contribution is -2.55. The van der Waals surface area contributed by atoms with E-state index in [0.29, 0.717) is 22.2 Å². The molecule has 108 valence electrons. The Morgan fingerprint density at radius 1 is 1.42 bits per heavy atom. The number of benzene rings is 1. The average molecular weight is 326 g/mol. The van der Waals surface area contributed by atoms with Gasteiger partial charge in [0.1, 0.15) is 0 Å². The van der Waals surface area contributed by atoms with Gasteiger partial charge in [-0.3, -0.25) is 4.79 Å². The Balaban J connectivity index is 0.00000324. The van der Waals surface area contributed by atoms with Crippen LogP contribution in [-0.4, -0.2) is 18.0 Å². The molecule has 1 aromatic rings. The Kier molecular flexibility index (Phi) is 7.16. The molecule has 0 aromatic heterocycles. The molecule has 0 radical (unpaired) electrons. The molecule has 0 bridgehead atoms. The molecule has 1 aromatic carbocycles. The molecule has 0 aliphatic heterocycles. The molecule has 0 saturated heterocycles. The average Bonchev–Trinajstić information content (AvgIpc) is 2.31. The molecule has 6 heteroatoms. The zero-order valence-corrected chi connectivity index (χ0v) is 13.5. The summed E-state index contributed by atoms with van der Waals surface area (Å²) >= 11 is 11.9. The molecule has 3 N–H and O–H groups in total. The Morgan fingerprint density at radius 2 is 2.00 bits per heavy atom. The van der Waals surface area contributed by atoms with E-state index in [1.54, 1.807) is 18.2 Å². The van der Waals surface area contributed by atoms with E-state index in [-0.39, 0.29) is 24.2 Å². The molecular formula is C13H19Cl3N2O.